The third kappa shape index (κ3) is 3.18. The largest absolute Gasteiger partial charge is 0.401 e. The minimum absolute atomic E-state index is 0.189. The van der Waals surface area contributed by atoms with Crippen LogP contribution in [0.15, 0.2) is 0 Å². The molecule has 18 heavy (non-hydrogen) atoms. The molecule has 0 aromatic rings. The highest BCUT2D eigenvalue weighted by molar-refractivity contribution is 5.01. The van der Waals surface area contributed by atoms with Crippen molar-refractivity contribution in [3.63, 3.8) is 0 Å². The van der Waals surface area contributed by atoms with Crippen LogP contribution in [-0.4, -0.2) is 54.2 Å². The van der Waals surface area contributed by atoms with Crippen molar-refractivity contribution in [2.75, 3.05) is 32.7 Å². The van der Waals surface area contributed by atoms with E-state index in [1.54, 1.807) is 4.90 Å². The normalized spacial score (nSPS) is 26.3. The van der Waals surface area contributed by atoms with Crippen LogP contribution in [0.1, 0.15) is 33.6 Å². The fourth-order valence-corrected chi connectivity index (χ4v) is 2.99. The number of hydrogen-bond donors (Lipinski definition) is 0. The maximum atomic E-state index is 12.3. The molecule has 0 radical (unpaired) electrons. The van der Waals surface area contributed by atoms with Gasteiger partial charge in [-0.05, 0) is 52.1 Å². The maximum absolute atomic E-state index is 12.3. The number of rotatable bonds is 1. The van der Waals surface area contributed by atoms with Gasteiger partial charge in [0.15, 0.2) is 0 Å². The first-order valence-corrected chi connectivity index (χ1v) is 6.64. The second-order valence-electron chi connectivity index (χ2n) is 6.92. The Kier molecular flexibility index (Phi) is 3.43. The molecular formula is C13H23F3N2. The van der Waals surface area contributed by atoms with E-state index in [-0.39, 0.29) is 5.54 Å². The highest BCUT2D eigenvalue weighted by Gasteiger charge is 2.48. The van der Waals surface area contributed by atoms with Crippen LogP contribution in [0.3, 0.4) is 0 Å². The summed E-state index contributed by atoms with van der Waals surface area (Å²) >= 11 is 0. The molecule has 0 unspecified atom stereocenters. The van der Waals surface area contributed by atoms with E-state index in [0.29, 0.717) is 18.5 Å². The highest BCUT2D eigenvalue weighted by atomic mass is 19.4. The van der Waals surface area contributed by atoms with Crippen molar-refractivity contribution in [1.82, 2.24) is 9.80 Å². The molecular weight excluding hydrogens is 241 g/mol. The number of likely N-dealkylation sites (tertiary alicyclic amines) is 2. The van der Waals surface area contributed by atoms with Gasteiger partial charge < -0.3 is 0 Å². The summed E-state index contributed by atoms with van der Waals surface area (Å²) in [5.41, 5.74) is 0.490. The third-order valence-corrected chi connectivity index (χ3v) is 4.32. The van der Waals surface area contributed by atoms with Crippen molar-refractivity contribution in [3.8, 4) is 0 Å². The van der Waals surface area contributed by atoms with Crippen LogP contribution in [0, 0.1) is 5.41 Å². The molecule has 2 fully saturated rings. The van der Waals surface area contributed by atoms with E-state index >= 15 is 0 Å². The Morgan fingerprint density at radius 3 is 1.89 bits per heavy atom. The number of piperidine rings is 1. The minimum Gasteiger partial charge on any atom is -0.297 e. The fraction of sp³-hybridized carbons (Fsp3) is 1.00. The molecule has 2 heterocycles. The predicted molar refractivity (Wildman–Crippen MR) is 65.5 cm³/mol. The van der Waals surface area contributed by atoms with Crippen LogP contribution < -0.4 is 0 Å². The molecule has 2 aliphatic rings. The van der Waals surface area contributed by atoms with Crippen molar-refractivity contribution in [2.45, 2.75) is 45.3 Å². The molecule has 5 heteroatoms. The molecule has 1 spiro atoms. The molecule has 106 valence electrons. The second-order valence-corrected chi connectivity index (χ2v) is 6.92. The molecule has 0 amide bonds. The van der Waals surface area contributed by atoms with Crippen LogP contribution in [0.25, 0.3) is 0 Å². The first-order chi connectivity index (χ1) is 8.10. The molecule has 0 bridgehead atoms. The zero-order valence-electron chi connectivity index (χ0n) is 11.5. The van der Waals surface area contributed by atoms with Gasteiger partial charge in [-0.15, -0.1) is 0 Å². The van der Waals surface area contributed by atoms with Crippen molar-refractivity contribution in [3.05, 3.63) is 0 Å². The average molecular weight is 264 g/mol. The molecule has 0 atom stereocenters. The van der Waals surface area contributed by atoms with Gasteiger partial charge in [0, 0.05) is 18.6 Å². The average Bonchev–Trinajstić information content (AvgIpc) is 2.11. The summed E-state index contributed by atoms with van der Waals surface area (Å²) in [6.07, 6.45) is -2.23. The van der Waals surface area contributed by atoms with Gasteiger partial charge in [0.05, 0.1) is 6.54 Å². The van der Waals surface area contributed by atoms with Gasteiger partial charge in [0.2, 0.25) is 0 Å². The lowest BCUT2D eigenvalue weighted by Crippen LogP contribution is -2.65. The Hall–Kier alpha value is -0.290. The van der Waals surface area contributed by atoms with Crippen LogP contribution >= 0.6 is 0 Å². The molecule has 2 nitrogen and oxygen atoms in total. The van der Waals surface area contributed by atoms with E-state index in [1.165, 1.54) is 0 Å². The van der Waals surface area contributed by atoms with E-state index in [4.69, 9.17) is 0 Å². The van der Waals surface area contributed by atoms with E-state index < -0.39 is 12.7 Å². The lowest BCUT2D eigenvalue weighted by Gasteiger charge is -2.58. The van der Waals surface area contributed by atoms with E-state index in [9.17, 15) is 13.2 Å². The molecule has 0 saturated carbocycles. The molecule has 0 aliphatic carbocycles. The van der Waals surface area contributed by atoms with Crippen LogP contribution in [0.5, 0.6) is 0 Å². The van der Waals surface area contributed by atoms with Crippen LogP contribution in [-0.2, 0) is 0 Å². The standard InChI is InChI=1S/C13H23F3N2/c1-11(2,3)18-8-12(9-18)4-6-17(7-5-12)10-13(14,15)16/h4-10H2,1-3H3. The Labute approximate surface area is 107 Å². The summed E-state index contributed by atoms with van der Waals surface area (Å²) in [7, 11) is 0. The van der Waals surface area contributed by atoms with Gasteiger partial charge >= 0.3 is 6.18 Å². The zero-order chi connectivity index (χ0) is 13.6. The molecule has 0 N–H and O–H groups in total. The van der Waals surface area contributed by atoms with Crippen molar-refractivity contribution in [2.24, 2.45) is 5.41 Å². The van der Waals surface area contributed by atoms with Gasteiger partial charge in [-0.3, -0.25) is 9.80 Å². The van der Waals surface area contributed by atoms with E-state index in [1.807, 2.05) is 0 Å². The quantitative estimate of drug-likeness (QED) is 0.718. The molecule has 2 aliphatic heterocycles. The lowest BCUT2D eigenvalue weighted by atomic mass is 9.70. The summed E-state index contributed by atoms with van der Waals surface area (Å²) in [6, 6.07) is 0. The smallest absolute Gasteiger partial charge is 0.297 e. The van der Waals surface area contributed by atoms with Gasteiger partial charge in [-0.1, -0.05) is 0 Å². The van der Waals surface area contributed by atoms with E-state index in [0.717, 1.165) is 25.9 Å². The summed E-state index contributed by atoms with van der Waals surface area (Å²) in [4.78, 5) is 3.97. The minimum atomic E-state index is -4.05. The third-order valence-electron chi connectivity index (χ3n) is 4.32. The molecule has 2 saturated heterocycles. The van der Waals surface area contributed by atoms with Gasteiger partial charge in [-0.25, -0.2) is 0 Å². The number of nitrogens with zero attached hydrogens (tertiary/aromatic N) is 2. The number of alkyl halides is 3. The lowest BCUT2D eigenvalue weighted by molar-refractivity contribution is -0.158. The van der Waals surface area contributed by atoms with Crippen molar-refractivity contribution in [1.29, 1.82) is 0 Å². The van der Waals surface area contributed by atoms with Crippen molar-refractivity contribution >= 4 is 0 Å². The van der Waals surface area contributed by atoms with Crippen LogP contribution in [0.4, 0.5) is 13.2 Å². The Morgan fingerprint density at radius 2 is 1.50 bits per heavy atom. The number of hydrogen-bond acceptors (Lipinski definition) is 2. The Morgan fingerprint density at radius 1 is 1.00 bits per heavy atom. The first kappa shape index (κ1) is 14.1. The predicted octanol–water partition coefficient (Wildman–Crippen LogP) is 2.75. The number of halogens is 3. The SMILES string of the molecule is CC(C)(C)N1CC2(CCN(CC(F)(F)F)CC2)C1. The highest BCUT2D eigenvalue weighted by Crippen LogP contribution is 2.43. The molecule has 0 aromatic heterocycles. The zero-order valence-corrected chi connectivity index (χ0v) is 11.5. The van der Waals surface area contributed by atoms with E-state index in [2.05, 4.69) is 25.7 Å². The fourth-order valence-electron chi connectivity index (χ4n) is 2.99. The summed E-state index contributed by atoms with van der Waals surface area (Å²) in [5.74, 6) is 0. The first-order valence-electron chi connectivity index (χ1n) is 6.64. The Balaban J connectivity index is 1.79. The van der Waals surface area contributed by atoms with Gasteiger partial charge in [-0.2, -0.15) is 13.2 Å². The molecule has 0 aromatic carbocycles. The van der Waals surface area contributed by atoms with Crippen molar-refractivity contribution < 1.29 is 13.2 Å². The van der Waals surface area contributed by atoms with Gasteiger partial charge in [0.1, 0.15) is 0 Å². The monoisotopic (exact) mass is 264 g/mol. The van der Waals surface area contributed by atoms with Gasteiger partial charge in [0.25, 0.3) is 0 Å². The summed E-state index contributed by atoms with van der Waals surface area (Å²) in [5, 5.41) is 0. The second kappa shape index (κ2) is 4.37. The maximum Gasteiger partial charge on any atom is 0.401 e. The topological polar surface area (TPSA) is 6.48 Å². The Bertz CT molecular complexity index is 290. The summed E-state index contributed by atoms with van der Waals surface area (Å²) < 4.78 is 36.9. The van der Waals surface area contributed by atoms with Crippen LogP contribution in [0.2, 0.25) is 0 Å². The summed E-state index contributed by atoms with van der Waals surface area (Å²) in [6.45, 7) is 9.13. The molecule has 2 rings (SSSR count).